The Labute approximate surface area is 64.0 Å². The van der Waals surface area contributed by atoms with Gasteiger partial charge in [0.1, 0.15) is 0 Å². The van der Waals surface area contributed by atoms with Crippen LogP contribution in [0.5, 0.6) is 0 Å². The molecule has 1 aliphatic carbocycles. The molecule has 0 spiro atoms. The van der Waals surface area contributed by atoms with Gasteiger partial charge in [-0.25, -0.2) is 0 Å². The van der Waals surface area contributed by atoms with E-state index < -0.39 is 0 Å². The summed E-state index contributed by atoms with van der Waals surface area (Å²) < 4.78 is 4.48. The molecule has 1 saturated heterocycles. The minimum Gasteiger partial charge on any atom is -0.392 e. The molecule has 0 aromatic heterocycles. The van der Waals surface area contributed by atoms with Gasteiger partial charge in [-0.3, -0.25) is 9.59 Å². The summed E-state index contributed by atoms with van der Waals surface area (Å²) >= 11 is 0. The highest BCUT2D eigenvalue weighted by Gasteiger charge is 2.43. The number of rotatable bonds is 0. The molecular weight excluding hydrogens is 144 g/mol. The van der Waals surface area contributed by atoms with Gasteiger partial charge in [-0.15, -0.1) is 0 Å². The van der Waals surface area contributed by atoms with Crippen LogP contribution in [-0.2, 0) is 14.3 Å². The first-order valence-corrected chi connectivity index (χ1v) is 3.71. The maximum Gasteiger partial charge on any atom is 0.321 e. The van der Waals surface area contributed by atoms with Gasteiger partial charge in [-0.05, 0) is 12.8 Å². The number of carbonyl (C=O) groups excluding carboxylic acids is 2. The van der Waals surface area contributed by atoms with Crippen LogP contribution in [-0.4, -0.2) is 11.9 Å². The van der Waals surface area contributed by atoms with Gasteiger partial charge in [0, 0.05) is 0 Å². The summed E-state index contributed by atoms with van der Waals surface area (Å²) in [6, 6.07) is 0. The molecule has 3 heteroatoms. The average Bonchev–Trinajstić information content (AvgIpc) is 2.30. The second-order valence-corrected chi connectivity index (χ2v) is 2.88. The molecule has 0 unspecified atom stereocenters. The zero-order chi connectivity index (χ0) is 7.84. The highest BCUT2D eigenvalue weighted by atomic mass is 16.6. The van der Waals surface area contributed by atoms with E-state index in [0.717, 1.165) is 12.8 Å². The van der Waals surface area contributed by atoms with Crippen LogP contribution in [0.25, 0.3) is 0 Å². The van der Waals surface area contributed by atoms with Crippen molar-refractivity contribution in [3.63, 3.8) is 0 Å². The van der Waals surface area contributed by atoms with Gasteiger partial charge in [-0.2, -0.15) is 0 Å². The molecule has 1 heterocycles. The van der Waals surface area contributed by atoms with Gasteiger partial charge < -0.3 is 4.74 Å². The third-order valence-electron chi connectivity index (χ3n) is 2.20. The first-order valence-electron chi connectivity index (χ1n) is 3.71. The molecule has 0 aromatic carbocycles. The molecule has 11 heavy (non-hydrogen) atoms. The summed E-state index contributed by atoms with van der Waals surface area (Å²) in [7, 11) is 0. The second kappa shape index (κ2) is 2.19. The van der Waals surface area contributed by atoms with E-state index in [9.17, 15) is 9.59 Å². The van der Waals surface area contributed by atoms with Crippen molar-refractivity contribution < 1.29 is 14.3 Å². The summed E-state index contributed by atoms with van der Waals surface area (Å²) in [5.41, 5.74) is 0. The van der Waals surface area contributed by atoms with Crippen molar-refractivity contribution in [1.29, 1.82) is 0 Å². The van der Waals surface area contributed by atoms with Gasteiger partial charge in [0.15, 0.2) is 0 Å². The van der Waals surface area contributed by atoms with Crippen LogP contribution in [0.2, 0.25) is 0 Å². The van der Waals surface area contributed by atoms with Crippen molar-refractivity contribution in [2.24, 2.45) is 11.8 Å². The number of ether oxygens (including phenoxy) is 1. The Bertz CT molecular complexity index is 242. The van der Waals surface area contributed by atoms with Gasteiger partial charge in [-0.1, -0.05) is 12.2 Å². The molecule has 0 N–H and O–H groups in total. The lowest BCUT2D eigenvalue weighted by Gasteiger charge is -2.12. The van der Waals surface area contributed by atoms with Crippen LogP contribution in [0.15, 0.2) is 12.2 Å². The monoisotopic (exact) mass is 152 g/mol. The number of fused-ring (bicyclic) bond motifs is 1. The number of hydrogen-bond acceptors (Lipinski definition) is 3. The second-order valence-electron chi connectivity index (χ2n) is 2.88. The van der Waals surface area contributed by atoms with Crippen molar-refractivity contribution in [3.05, 3.63) is 12.2 Å². The van der Waals surface area contributed by atoms with Gasteiger partial charge in [0.25, 0.3) is 0 Å². The SMILES string of the molecule is O=C1OC(=O)[C@@H]2CCC=C[C@H]12. The molecule has 58 valence electrons. The van der Waals surface area contributed by atoms with Crippen LogP contribution >= 0.6 is 0 Å². The molecule has 0 amide bonds. The normalized spacial score (nSPS) is 35.3. The first-order chi connectivity index (χ1) is 5.29. The quantitative estimate of drug-likeness (QED) is 0.291. The Balaban J connectivity index is 2.30. The van der Waals surface area contributed by atoms with Crippen LogP contribution in [0.1, 0.15) is 12.8 Å². The molecule has 0 saturated carbocycles. The predicted octanol–water partition coefficient (Wildman–Crippen LogP) is 0.652. The molecule has 1 aliphatic heterocycles. The Hall–Kier alpha value is -1.12. The van der Waals surface area contributed by atoms with Gasteiger partial charge in [0.05, 0.1) is 11.8 Å². The number of hydrogen-bond donors (Lipinski definition) is 0. The van der Waals surface area contributed by atoms with E-state index >= 15 is 0 Å². The van der Waals surface area contributed by atoms with Crippen LogP contribution < -0.4 is 0 Å². The lowest BCUT2D eigenvalue weighted by atomic mass is 9.86. The van der Waals surface area contributed by atoms with Gasteiger partial charge in [0.2, 0.25) is 0 Å². The minimum atomic E-state index is -0.379. The summed E-state index contributed by atoms with van der Waals surface area (Å²) in [5, 5.41) is 0. The fraction of sp³-hybridized carbons (Fsp3) is 0.500. The lowest BCUT2D eigenvalue weighted by molar-refractivity contribution is -0.153. The zero-order valence-corrected chi connectivity index (χ0v) is 5.95. The maximum absolute atomic E-state index is 10.9. The summed E-state index contributed by atoms with van der Waals surface area (Å²) in [6.45, 7) is 0. The Morgan fingerprint density at radius 1 is 1.36 bits per heavy atom. The van der Waals surface area contributed by atoms with E-state index in [1.165, 1.54) is 0 Å². The average molecular weight is 152 g/mol. The topological polar surface area (TPSA) is 43.4 Å². The molecular formula is C8H8O3. The zero-order valence-electron chi connectivity index (χ0n) is 5.95. The van der Waals surface area contributed by atoms with Crippen molar-refractivity contribution in [3.8, 4) is 0 Å². The van der Waals surface area contributed by atoms with Crippen LogP contribution in [0.4, 0.5) is 0 Å². The van der Waals surface area contributed by atoms with E-state index in [-0.39, 0.29) is 23.8 Å². The third kappa shape index (κ3) is 0.878. The summed E-state index contributed by atoms with van der Waals surface area (Å²) in [6.07, 6.45) is 5.34. The Morgan fingerprint density at radius 2 is 2.18 bits per heavy atom. The number of allylic oxidation sites excluding steroid dienone is 1. The third-order valence-corrected chi connectivity index (χ3v) is 2.20. The molecule has 0 aromatic rings. The Kier molecular flexibility index (Phi) is 1.31. The number of carbonyl (C=O) groups is 2. The van der Waals surface area contributed by atoms with Crippen LogP contribution in [0, 0.1) is 11.8 Å². The van der Waals surface area contributed by atoms with Crippen molar-refractivity contribution in [1.82, 2.24) is 0 Å². The van der Waals surface area contributed by atoms with E-state index in [1.54, 1.807) is 6.08 Å². The summed E-state index contributed by atoms with van der Waals surface area (Å²) in [4.78, 5) is 21.9. The van der Waals surface area contributed by atoms with Crippen LogP contribution in [0.3, 0.4) is 0 Å². The molecule has 2 atom stereocenters. The fourth-order valence-electron chi connectivity index (χ4n) is 1.58. The Morgan fingerprint density at radius 3 is 2.91 bits per heavy atom. The number of esters is 2. The largest absolute Gasteiger partial charge is 0.392 e. The van der Waals surface area contributed by atoms with E-state index in [0.29, 0.717) is 0 Å². The first kappa shape index (κ1) is 6.58. The molecule has 1 fully saturated rings. The maximum atomic E-state index is 10.9. The van der Waals surface area contributed by atoms with Gasteiger partial charge >= 0.3 is 11.9 Å². The smallest absolute Gasteiger partial charge is 0.321 e. The van der Waals surface area contributed by atoms with Crippen molar-refractivity contribution in [2.75, 3.05) is 0 Å². The van der Waals surface area contributed by atoms with Crippen molar-refractivity contribution in [2.45, 2.75) is 12.8 Å². The van der Waals surface area contributed by atoms with E-state index in [1.807, 2.05) is 6.08 Å². The fourth-order valence-corrected chi connectivity index (χ4v) is 1.58. The highest BCUT2D eigenvalue weighted by molar-refractivity contribution is 5.97. The molecule has 3 nitrogen and oxygen atoms in total. The molecule has 2 aliphatic rings. The molecule has 0 radical (unpaired) electrons. The van der Waals surface area contributed by atoms with E-state index in [4.69, 9.17) is 0 Å². The number of cyclic esters (lactones) is 2. The van der Waals surface area contributed by atoms with Crippen molar-refractivity contribution >= 4 is 11.9 Å². The lowest BCUT2D eigenvalue weighted by Crippen LogP contribution is -2.17. The van der Waals surface area contributed by atoms with E-state index in [2.05, 4.69) is 4.74 Å². The minimum absolute atomic E-state index is 0.188. The highest BCUT2D eigenvalue weighted by Crippen LogP contribution is 2.32. The standard InChI is InChI=1S/C8H8O3/c9-7-5-3-1-2-4-6(5)8(10)11-7/h1,3,5-6H,2,4H2/t5-,6+/m0/s1. The molecule has 0 bridgehead atoms. The predicted molar refractivity (Wildman–Crippen MR) is 36.5 cm³/mol. The summed E-state index contributed by atoms with van der Waals surface area (Å²) in [5.74, 6) is -1.19. The molecule has 2 rings (SSSR count).